The lowest BCUT2D eigenvalue weighted by molar-refractivity contribution is 0.433. The van der Waals surface area contributed by atoms with Gasteiger partial charge in [-0.25, -0.2) is 0 Å². The molecule has 0 radical (unpaired) electrons. The summed E-state index contributed by atoms with van der Waals surface area (Å²) < 4.78 is 5.80. The normalized spacial score (nSPS) is 12.7. The highest BCUT2D eigenvalue weighted by molar-refractivity contribution is 5.40. The van der Waals surface area contributed by atoms with Crippen LogP contribution in [0.5, 0.6) is 0 Å². The van der Waals surface area contributed by atoms with E-state index < -0.39 is 0 Å². The maximum absolute atomic E-state index is 5.80. The summed E-state index contributed by atoms with van der Waals surface area (Å²) in [6.07, 6.45) is 0. The molecular formula is C16H21NO. The van der Waals surface area contributed by atoms with Gasteiger partial charge in [-0.15, -0.1) is 0 Å². The maximum Gasteiger partial charge on any atom is 0.125 e. The third-order valence-corrected chi connectivity index (χ3v) is 3.28. The van der Waals surface area contributed by atoms with E-state index in [0.29, 0.717) is 0 Å². The molecular weight excluding hydrogens is 222 g/mol. The number of nitrogens with one attached hydrogen (secondary N) is 1. The zero-order valence-electron chi connectivity index (χ0n) is 11.6. The predicted octanol–water partition coefficient (Wildman–Crippen LogP) is 3.90. The molecule has 2 aromatic rings. The van der Waals surface area contributed by atoms with Crippen molar-refractivity contribution < 1.29 is 4.42 Å². The molecule has 2 heteroatoms. The average molecular weight is 243 g/mol. The first-order chi connectivity index (χ1) is 8.63. The standard InChI is InChI=1S/C16H21NO/c1-5-17-16(14-10-9-13(4)18-14)15-11(2)7-6-8-12(15)3/h6-10,16-17H,5H2,1-4H3. The van der Waals surface area contributed by atoms with Crippen LogP contribution in [0.3, 0.4) is 0 Å². The summed E-state index contributed by atoms with van der Waals surface area (Å²) in [6, 6.07) is 10.6. The van der Waals surface area contributed by atoms with E-state index in [1.807, 2.05) is 13.0 Å². The SMILES string of the molecule is CCNC(c1ccc(C)o1)c1c(C)cccc1C. The second-order valence-electron chi connectivity index (χ2n) is 4.74. The first-order valence-corrected chi connectivity index (χ1v) is 6.49. The van der Waals surface area contributed by atoms with Crippen molar-refractivity contribution in [2.24, 2.45) is 0 Å². The van der Waals surface area contributed by atoms with Crippen LogP contribution in [0.4, 0.5) is 0 Å². The number of rotatable bonds is 4. The minimum absolute atomic E-state index is 0.143. The van der Waals surface area contributed by atoms with E-state index in [2.05, 4.69) is 50.4 Å². The highest BCUT2D eigenvalue weighted by atomic mass is 16.3. The second-order valence-corrected chi connectivity index (χ2v) is 4.74. The molecule has 0 spiro atoms. The van der Waals surface area contributed by atoms with Crippen molar-refractivity contribution in [1.82, 2.24) is 5.32 Å². The molecule has 1 aromatic carbocycles. The Hall–Kier alpha value is -1.54. The van der Waals surface area contributed by atoms with Gasteiger partial charge in [-0.2, -0.15) is 0 Å². The Morgan fingerprint density at radius 2 is 1.72 bits per heavy atom. The Bertz CT molecular complexity index is 507. The lowest BCUT2D eigenvalue weighted by Crippen LogP contribution is -2.23. The van der Waals surface area contributed by atoms with Gasteiger partial charge in [0.15, 0.2) is 0 Å². The maximum atomic E-state index is 5.80. The van der Waals surface area contributed by atoms with Gasteiger partial charge in [0.1, 0.15) is 11.5 Å². The largest absolute Gasteiger partial charge is 0.464 e. The minimum atomic E-state index is 0.143. The van der Waals surface area contributed by atoms with E-state index in [1.54, 1.807) is 0 Å². The average Bonchev–Trinajstić information content (AvgIpc) is 2.74. The topological polar surface area (TPSA) is 25.2 Å². The summed E-state index contributed by atoms with van der Waals surface area (Å²) in [5, 5.41) is 3.52. The van der Waals surface area contributed by atoms with Crippen LogP contribution in [0.25, 0.3) is 0 Å². The molecule has 2 rings (SSSR count). The molecule has 0 bridgehead atoms. The van der Waals surface area contributed by atoms with Gasteiger partial charge in [0, 0.05) is 0 Å². The molecule has 1 unspecified atom stereocenters. The molecule has 1 aromatic heterocycles. The number of hydrogen-bond acceptors (Lipinski definition) is 2. The van der Waals surface area contributed by atoms with Crippen LogP contribution in [-0.4, -0.2) is 6.54 Å². The van der Waals surface area contributed by atoms with Gasteiger partial charge < -0.3 is 9.73 Å². The molecule has 96 valence electrons. The summed E-state index contributed by atoms with van der Waals surface area (Å²) in [4.78, 5) is 0. The summed E-state index contributed by atoms with van der Waals surface area (Å²) >= 11 is 0. The van der Waals surface area contributed by atoms with Crippen LogP contribution in [0, 0.1) is 20.8 Å². The number of hydrogen-bond donors (Lipinski definition) is 1. The number of aryl methyl sites for hydroxylation is 3. The van der Waals surface area contributed by atoms with Crippen LogP contribution < -0.4 is 5.32 Å². The monoisotopic (exact) mass is 243 g/mol. The molecule has 0 fully saturated rings. The zero-order valence-corrected chi connectivity index (χ0v) is 11.6. The van der Waals surface area contributed by atoms with Crippen LogP contribution in [0.15, 0.2) is 34.7 Å². The first-order valence-electron chi connectivity index (χ1n) is 6.49. The van der Waals surface area contributed by atoms with Crippen LogP contribution in [0.2, 0.25) is 0 Å². The van der Waals surface area contributed by atoms with Crippen LogP contribution in [-0.2, 0) is 0 Å². The molecule has 1 atom stereocenters. The van der Waals surface area contributed by atoms with Gasteiger partial charge in [-0.05, 0) is 56.1 Å². The van der Waals surface area contributed by atoms with E-state index in [9.17, 15) is 0 Å². The minimum Gasteiger partial charge on any atom is -0.464 e. The Kier molecular flexibility index (Phi) is 3.87. The van der Waals surface area contributed by atoms with E-state index >= 15 is 0 Å². The Balaban J connectivity index is 2.47. The second kappa shape index (κ2) is 5.40. The highest BCUT2D eigenvalue weighted by Gasteiger charge is 2.19. The fourth-order valence-corrected chi connectivity index (χ4v) is 2.44. The third kappa shape index (κ3) is 2.49. The van der Waals surface area contributed by atoms with Gasteiger partial charge in [0.05, 0.1) is 6.04 Å². The Labute approximate surface area is 109 Å². The van der Waals surface area contributed by atoms with Crippen molar-refractivity contribution in [3.05, 3.63) is 58.5 Å². The van der Waals surface area contributed by atoms with Crippen molar-refractivity contribution in [3.8, 4) is 0 Å². The first kappa shape index (κ1) is 12.9. The third-order valence-electron chi connectivity index (χ3n) is 3.28. The number of furan rings is 1. The quantitative estimate of drug-likeness (QED) is 0.881. The molecule has 0 aliphatic carbocycles. The summed E-state index contributed by atoms with van der Waals surface area (Å²) in [5.41, 5.74) is 3.93. The van der Waals surface area contributed by atoms with Gasteiger partial charge >= 0.3 is 0 Å². The molecule has 0 aliphatic rings. The van der Waals surface area contributed by atoms with Crippen molar-refractivity contribution in [2.45, 2.75) is 33.7 Å². The Morgan fingerprint density at radius 1 is 1.06 bits per heavy atom. The van der Waals surface area contributed by atoms with Gasteiger partial charge in [0.2, 0.25) is 0 Å². The van der Waals surface area contributed by atoms with E-state index in [0.717, 1.165) is 18.1 Å². The molecule has 0 aliphatic heterocycles. The highest BCUT2D eigenvalue weighted by Crippen LogP contribution is 2.28. The lowest BCUT2D eigenvalue weighted by atomic mass is 9.94. The number of benzene rings is 1. The Morgan fingerprint density at radius 3 is 2.22 bits per heavy atom. The van der Waals surface area contributed by atoms with Crippen molar-refractivity contribution >= 4 is 0 Å². The molecule has 0 saturated carbocycles. The zero-order chi connectivity index (χ0) is 13.1. The molecule has 1 N–H and O–H groups in total. The van der Waals surface area contributed by atoms with E-state index in [1.165, 1.54) is 16.7 Å². The fourth-order valence-electron chi connectivity index (χ4n) is 2.44. The van der Waals surface area contributed by atoms with Gasteiger partial charge in [-0.3, -0.25) is 0 Å². The fraction of sp³-hybridized carbons (Fsp3) is 0.375. The summed E-state index contributed by atoms with van der Waals surface area (Å²) in [7, 11) is 0. The van der Waals surface area contributed by atoms with Crippen LogP contribution in [0.1, 0.15) is 41.2 Å². The van der Waals surface area contributed by atoms with E-state index in [-0.39, 0.29) is 6.04 Å². The molecule has 1 heterocycles. The molecule has 0 amide bonds. The predicted molar refractivity (Wildman–Crippen MR) is 74.9 cm³/mol. The molecule has 18 heavy (non-hydrogen) atoms. The molecule has 2 nitrogen and oxygen atoms in total. The van der Waals surface area contributed by atoms with Crippen molar-refractivity contribution in [3.63, 3.8) is 0 Å². The van der Waals surface area contributed by atoms with Crippen molar-refractivity contribution in [2.75, 3.05) is 6.54 Å². The smallest absolute Gasteiger partial charge is 0.125 e. The molecule has 0 saturated heterocycles. The summed E-state index contributed by atoms with van der Waals surface area (Å²) in [5.74, 6) is 1.95. The van der Waals surface area contributed by atoms with Crippen molar-refractivity contribution in [1.29, 1.82) is 0 Å². The summed E-state index contributed by atoms with van der Waals surface area (Å²) in [6.45, 7) is 9.33. The lowest BCUT2D eigenvalue weighted by Gasteiger charge is -2.20. The van der Waals surface area contributed by atoms with E-state index in [4.69, 9.17) is 4.42 Å². The van der Waals surface area contributed by atoms with Gasteiger partial charge in [0.25, 0.3) is 0 Å². The van der Waals surface area contributed by atoms with Crippen LogP contribution >= 0.6 is 0 Å². The van der Waals surface area contributed by atoms with Gasteiger partial charge in [-0.1, -0.05) is 25.1 Å².